The van der Waals surface area contributed by atoms with Crippen molar-refractivity contribution < 1.29 is 29.0 Å². The molecular formula is C15H20N4O6. The molecule has 1 aromatic rings. The smallest absolute Gasteiger partial charge is 0.323 e. The average molecular weight is 352 g/mol. The van der Waals surface area contributed by atoms with Gasteiger partial charge in [-0.05, 0) is 25.7 Å². The lowest BCUT2D eigenvalue weighted by atomic mass is 9.87. The molecule has 10 heteroatoms. The molecule has 0 atom stereocenters. The molecule has 1 aliphatic carbocycles. The fourth-order valence-corrected chi connectivity index (χ4v) is 2.59. The number of rotatable bonds is 5. The van der Waals surface area contributed by atoms with Gasteiger partial charge in [-0.1, -0.05) is 0 Å². The van der Waals surface area contributed by atoms with E-state index in [1.165, 1.54) is 19.4 Å². The second kappa shape index (κ2) is 8.29. The van der Waals surface area contributed by atoms with Crippen molar-refractivity contribution in [3.05, 3.63) is 12.3 Å². The van der Waals surface area contributed by atoms with Gasteiger partial charge in [-0.25, -0.2) is 10.8 Å². The number of methoxy groups -OCH3 is 1. The van der Waals surface area contributed by atoms with Crippen molar-refractivity contribution in [2.75, 3.05) is 12.4 Å². The molecule has 5 N–H and O–H groups in total. The van der Waals surface area contributed by atoms with Crippen LogP contribution in [0.5, 0.6) is 11.6 Å². The highest BCUT2D eigenvalue weighted by molar-refractivity contribution is 6.39. The van der Waals surface area contributed by atoms with Crippen LogP contribution >= 0.6 is 0 Å². The second-order valence-electron chi connectivity index (χ2n) is 5.58. The van der Waals surface area contributed by atoms with Crippen molar-refractivity contribution in [1.29, 1.82) is 0 Å². The minimum Gasteiger partial charge on any atom is -0.494 e. The molecule has 0 aliphatic heterocycles. The zero-order valence-electron chi connectivity index (χ0n) is 13.7. The van der Waals surface area contributed by atoms with Crippen molar-refractivity contribution in [3.8, 4) is 11.6 Å². The number of carboxylic acid groups (broad SMARTS) is 1. The maximum Gasteiger partial charge on any atom is 0.323 e. The highest BCUT2D eigenvalue weighted by atomic mass is 16.5. The van der Waals surface area contributed by atoms with Gasteiger partial charge >= 0.3 is 17.8 Å². The molecule has 2 amide bonds. The van der Waals surface area contributed by atoms with Crippen LogP contribution in [0.4, 0.5) is 5.69 Å². The third kappa shape index (κ3) is 4.80. The largest absolute Gasteiger partial charge is 0.494 e. The van der Waals surface area contributed by atoms with Gasteiger partial charge in [0.2, 0.25) is 5.88 Å². The number of hydrogen-bond donors (Lipinski definition) is 4. The maximum atomic E-state index is 11.5. The molecule has 2 rings (SSSR count). The van der Waals surface area contributed by atoms with Crippen molar-refractivity contribution in [3.63, 3.8) is 0 Å². The van der Waals surface area contributed by atoms with Crippen molar-refractivity contribution in [1.82, 2.24) is 10.4 Å². The van der Waals surface area contributed by atoms with Crippen LogP contribution in [-0.2, 0) is 14.4 Å². The fourth-order valence-electron chi connectivity index (χ4n) is 2.59. The van der Waals surface area contributed by atoms with E-state index in [0.717, 1.165) is 0 Å². The fraction of sp³-hybridized carbons (Fsp3) is 0.467. The van der Waals surface area contributed by atoms with Gasteiger partial charge in [-0.3, -0.25) is 19.8 Å². The Bertz CT molecular complexity index is 657. The summed E-state index contributed by atoms with van der Waals surface area (Å²) in [6.45, 7) is 0. The summed E-state index contributed by atoms with van der Waals surface area (Å²) in [5.41, 5.74) is 1.91. The molecule has 0 spiro atoms. The number of nitrogens with zero attached hydrogens (tertiary/aromatic N) is 1. The third-order valence-electron chi connectivity index (χ3n) is 3.96. The first kappa shape index (κ1) is 18.5. The summed E-state index contributed by atoms with van der Waals surface area (Å²) < 4.78 is 10.9. The van der Waals surface area contributed by atoms with Crippen LogP contribution < -0.4 is 26.1 Å². The first-order valence-electron chi connectivity index (χ1n) is 7.70. The summed E-state index contributed by atoms with van der Waals surface area (Å²) in [6, 6.07) is 1.49. The van der Waals surface area contributed by atoms with Crippen LogP contribution in [0.1, 0.15) is 25.7 Å². The number of pyridine rings is 1. The number of nitrogens with two attached hydrogens (primary N) is 1. The number of anilines is 1. The van der Waals surface area contributed by atoms with E-state index < -0.39 is 17.8 Å². The van der Waals surface area contributed by atoms with E-state index in [1.807, 2.05) is 0 Å². The molecule has 136 valence electrons. The molecule has 0 radical (unpaired) electrons. The van der Waals surface area contributed by atoms with Gasteiger partial charge in [0.15, 0.2) is 0 Å². The Morgan fingerprint density at radius 2 is 1.92 bits per heavy atom. The number of nitrogens with one attached hydrogen (secondary N) is 2. The summed E-state index contributed by atoms with van der Waals surface area (Å²) in [4.78, 5) is 37.7. The molecule has 10 nitrogen and oxygen atoms in total. The number of hydrogen-bond acceptors (Lipinski definition) is 7. The van der Waals surface area contributed by atoms with Crippen LogP contribution in [0, 0.1) is 5.92 Å². The minimum atomic E-state index is -1.00. The Balaban J connectivity index is 2.00. The molecule has 1 aromatic heterocycles. The monoisotopic (exact) mass is 352 g/mol. The molecule has 1 heterocycles. The van der Waals surface area contributed by atoms with Gasteiger partial charge in [-0.15, -0.1) is 0 Å². The Morgan fingerprint density at radius 3 is 2.48 bits per heavy atom. The zero-order chi connectivity index (χ0) is 18.4. The van der Waals surface area contributed by atoms with Crippen LogP contribution in [0.2, 0.25) is 0 Å². The zero-order valence-corrected chi connectivity index (χ0v) is 13.7. The molecule has 0 aromatic carbocycles. The normalized spacial score (nSPS) is 19.6. The Labute approximate surface area is 143 Å². The van der Waals surface area contributed by atoms with Gasteiger partial charge < -0.3 is 19.9 Å². The quantitative estimate of drug-likeness (QED) is 0.251. The summed E-state index contributed by atoms with van der Waals surface area (Å²) in [5, 5.41) is 11.3. The predicted octanol–water partition coefficient (Wildman–Crippen LogP) is 0.0408. The van der Waals surface area contributed by atoms with Gasteiger partial charge in [0.25, 0.3) is 0 Å². The number of carbonyl (C=O) groups is 3. The average Bonchev–Trinajstić information content (AvgIpc) is 2.62. The first-order valence-corrected chi connectivity index (χ1v) is 7.70. The van der Waals surface area contributed by atoms with Crippen LogP contribution in [0.25, 0.3) is 0 Å². The summed E-state index contributed by atoms with van der Waals surface area (Å²) in [7, 11) is 1.40. The molecular weight excluding hydrogens is 332 g/mol. The lowest BCUT2D eigenvalue weighted by molar-refractivity contribution is -0.143. The molecule has 0 saturated heterocycles. The van der Waals surface area contributed by atoms with Gasteiger partial charge in [0, 0.05) is 6.07 Å². The van der Waals surface area contributed by atoms with Crippen LogP contribution in [0.3, 0.4) is 0 Å². The molecule has 1 saturated carbocycles. The topological polar surface area (TPSA) is 153 Å². The van der Waals surface area contributed by atoms with E-state index in [4.69, 9.17) is 20.4 Å². The van der Waals surface area contributed by atoms with E-state index >= 15 is 0 Å². The predicted molar refractivity (Wildman–Crippen MR) is 85.8 cm³/mol. The molecule has 0 unspecified atom stereocenters. The first-order chi connectivity index (χ1) is 11.9. The van der Waals surface area contributed by atoms with E-state index in [-0.39, 0.29) is 29.3 Å². The van der Waals surface area contributed by atoms with E-state index in [1.54, 1.807) is 5.43 Å². The number of aromatic nitrogens is 1. The van der Waals surface area contributed by atoms with E-state index in [9.17, 15) is 14.4 Å². The van der Waals surface area contributed by atoms with Gasteiger partial charge in [0.05, 0.1) is 19.2 Å². The highest BCUT2D eigenvalue weighted by Crippen LogP contribution is 2.31. The maximum absolute atomic E-state index is 11.5. The molecule has 25 heavy (non-hydrogen) atoms. The Morgan fingerprint density at radius 1 is 1.24 bits per heavy atom. The number of amides is 2. The molecule has 1 aliphatic rings. The van der Waals surface area contributed by atoms with E-state index in [2.05, 4.69) is 10.3 Å². The van der Waals surface area contributed by atoms with E-state index in [0.29, 0.717) is 25.7 Å². The van der Waals surface area contributed by atoms with Crippen molar-refractivity contribution >= 4 is 23.5 Å². The third-order valence-corrected chi connectivity index (χ3v) is 3.96. The Kier molecular flexibility index (Phi) is 6.12. The van der Waals surface area contributed by atoms with Crippen molar-refractivity contribution in [2.24, 2.45) is 11.8 Å². The lowest BCUT2D eigenvalue weighted by Gasteiger charge is -2.26. The van der Waals surface area contributed by atoms with Crippen molar-refractivity contribution in [2.45, 2.75) is 31.8 Å². The summed E-state index contributed by atoms with van der Waals surface area (Å²) in [5.74, 6) is 2.38. The van der Waals surface area contributed by atoms with Crippen LogP contribution in [-0.4, -0.2) is 41.1 Å². The standard InChI is InChI=1S/C15H20N4O6/c1-24-11-6-12(17-7-10(11)18-13(20)14(21)19-16)25-9-4-2-8(3-5-9)15(22)23/h6-9H,2-5,16H2,1H3,(H,18,20)(H,19,21)(H,22,23). The number of carbonyl (C=O) groups excluding carboxylic acids is 2. The second-order valence-corrected chi connectivity index (χ2v) is 5.58. The number of carboxylic acids is 1. The number of ether oxygens (including phenoxy) is 2. The molecule has 0 bridgehead atoms. The highest BCUT2D eigenvalue weighted by Gasteiger charge is 2.27. The lowest BCUT2D eigenvalue weighted by Crippen LogP contribution is -2.39. The number of aliphatic carboxylic acids is 1. The van der Waals surface area contributed by atoms with Gasteiger partial charge in [0.1, 0.15) is 17.5 Å². The molecule has 1 fully saturated rings. The summed E-state index contributed by atoms with van der Waals surface area (Å²) in [6.07, 6.45) is 3.53. The Hall–Kier alpha value is -2.88. The SMILES string of the molecule is COc1cc(OC2CCC(C(=O)O)CC2)ncc1NC(=O)C(=O)NN. The van der Waals surface area contributed by atoms with Gasteiger partial charge in [-0.2, -0.15) is 0 Å². The minimum absolute atomic E-state index is 0.128. The number of hydrazine groups is 1. The van der Waals surface area contributed by atoms with Crippen LogP contribution in [0.15, 0.2) is 12.3 Å². The summed E-state index contributed by atoms with van der Waals surface area (Å²) >= 11 is 0.